The van der Waals surface area contributed by atoms with Gasteiger partial charge < -0.3 is 19.9 Å². The smallest absolute Gasteiger partial charge is 0.227 e. The van der Waals surface area contributed by atoms with Crippen molar-refractivity contribution in [2.75, 3.05) is 54.5 Å². The molecule has 1 aromatic carbocycles. The number of nitrogens with zero attached hydrogens (tertiary/aromatic N) is 2. The van der Waals surface area contributed by atoms with Crippen molar-refractivity contribution in [3.8, 4) is 0 Å². The summed E-state index contributed by atoms with van der Waals surface area (Å²) in [6.07, 6.45) is 4.55. The van der Waals surface area contributed by atoms with Gasteiger partial charge in [0, 0.05) is 37.8 Å². The van der Waals surface area contributed by atoms with Gasteiger partial charge in [-0.05, 0) is 43.9 Å². The molecular weight excluding hydrogens is 290 g/mol. The lowest BCUT2D eigenvalue weighted by Gasteiger charge is -2.30. The minimum absolute atomic E-state index is 0.185. The number of hydrogen-bond donors (Lipinski definition) is 1. The lowest BCUT2D eigenvalue weighted by molar-refractivity contribution is -0.117. The molecule has 1 N–H and O–H groups in total. The van der Waals surface area contributed by atoms with E-state index in [1.54, 1.807) is 0 Å². The van der Waals surface area contributed by atoms with E-state index in [9.17, 15) is 4.79 Å². The first kappa shape index (κ1) is 14.8. The summed E-state index contributed by atoms with van der Waals surface area (Å²) in [5.41, 5.74) is 3.34. The second-order valence-corrected chi connectivity index (χ2v) is 6.76. The van der Waals surface area contributed by atoms with E-state index in [4.69, 9.17) is 4.74 Å². The standard InChI is InChI=1S/C18H25N3O2/c22-18(14-3-4-14)19-16-13-15(20-9-11-23-12-10-20)5-6-17(16)21-7-1-2-8-21/h5-6,13-14H,1-4,7-12H2,(H,19,22). The Labute approximate surface area is 137 Å². The van der Waals surface area contributed by atoms with Gasteiger partial charge in [-0.15, -0.1) is 0 Å². The highest BCUT2D eigenvalue weighted by molar-refractivity contribution is 5.97. The average Bonchev–Trinajstić information content (AvgIpc) is 3.31. The predicted octanol–water partition coefficient (Wildman–Crippen LogP) is 2.47. The van der Waals surface area contributed by atoms with Crippen LogP contribution in [0.3, 0.4) is 0 Å². The van der Waals surface area contributed by atoms with Gasteiger partial charge in [-0.1, -0.05) is 0 Å². The van der Waals surface area contributed by atoms with Crippen LogP contribution in [0.15, 0.2) is 18.2 Å². The van der Waals surface area contributed by atoms with E-state index in [-0.39, 0.29) is 11.8 Å². The highest BCUT2D eigenvalue weighted by Crippen LogP contribution is 2.36. The lowest BCUT2D eigenvalue weighted by atomic mass is 10.2. The quantitative estimate of drug-likeness (QED) is 0.927. The Kier molecular flexibility index (Phi) is 4.12. The number of nitrogens with one attached hydrogen (secondary N) is 1. The highest BCUT2D eigenvalue weighted by atomic mass is 16.5. The first-order valence-electron chi connectivity index (χ1n) is 8.84. The van der Waals surface area contributed by atoms with Crippen LogP contribution in [0.4, 0.5) is 17.1 Å². The molecule has 1 saturated carbocycles. The molecule has 3 fully saturated rings. The van der Waals surface area contributed by atoms with Crippen molar-refractivity contribution in [2.45, 2.75) is 25.7 Å². The van der Waals surface area contributed by atoms with E-state index < -0.39 is 0 Å². The number of benzene rings is 1. The third-order valence-corrected chi connectivity index (χ3v) is 5.01. The van der Waals surface area contributed by atoms with Gasteiger partial charge in [0.25, 0.3) is 0 Å². The number of anilines is 3. The summed E-state index contributed by atoms with van der Waals surface area (Å²) in [6, 6.07) is 6.52. The Morgan fingerprint density at radius 1 is 1.04 bits per heavy atom. The number of morpholine rings is 1. The molecule has 2 heterocycles. The van der Waals surface area contributed by atoms with Crippen LogP contribution in [0.1, 0.15) is 25.7 Å². The summed E-state index contributed by atoms with van der Waals surface area (Å²) in [7, 11) is 0. The van der Waals surface area contributed by atoms with Crippen LogP contribution in [0.5, 0.6) is 0 Å². The monoisotopic (exact) mass is 315 g/mol. The van der Waals surface area contributed by atoms with Gasteiger partial charge in [-0.3, -0.25) is 4.79 Å². The van der Waals surface area contributed by atoms with E-state index in [0.29, 0.717) is 0 Å². The van der Waals surface area contributed by atoms with Crippen molar-refractivity contribution in [3.05, 3.63) is 18.2 Å². The minimum atomic E-state index is 0.185. The number of hydrogen-bond acceptors (Lipinski definition) is 4. The predicted molar refractivity (Wildman–Crippen MR) is 92.3 cm³/mol. The van der Waals surface area contributed by atoms with Gasteiger partial charge in [0.05, 0.1) is 24.6 Å². The first-order valence-corrected chi connectivity index (χ1v) is 8.84. The third kappa shape index (κ3) is 3.29. The molecule has 0 radical (unpaired) electrons. The molecule has 124 valence electrons. The van der Waals surface area contributed by atoms with Gasteiger partial charge in [0.15, 0.2) is 0 Å². The Hall–Kier alpha value is -1.75. The van der Waals surface area contributed by atoms with Crippen molar-refractivity contribution in [3.63, 3.8) is 0 Å². The maximum Gasteiger partial charge on any atom is 0.227 e. The molecule has 1 aliphatic carbocycles. The molecule has 1 aromatic rings. The second kappa shape index (κ2) is 6.40. The number of carbonyl (C=O) groups is 1. The third-order valence-electron chi connectivity index (χ3n) is 5.01. The molecule has 0 aromatic heterocycles. The zero-order chi connectivity index (χ0) is 15.6. The molecule has 2 saturated heterocycles. The van der Waals surface area contributed by atoms with Crippen molar-refractivity contribution in [1.29, 1.82) is 0 Å². The van der Waals surface area contributed by atoms with Crippen LogP contribution in [0.25, 0.3) is 0 Å². The van der Waals surface area contributed by atoms with E-state index in [1.807, 2.05) is 0 Å². The summed E-state index contributed by atoms with van der Waals surface area (Å²) >= 11 is 0. The first-order chi connectivity index (χ1) is 11.3. The van der Waals surface area contributed by atoms with Crippen molar-refractivity contribution in [1.82, 2.24) is 0 Å². The number of ether oxygens (including phenoxy) is 1. The molecule has 0 unspecified atom stereocenters. The molecular formula is C18H25N3O2. The van der Waals surface area contributed by atoms with Crippen LogP contribution < -0.4 is 15.1 Å². The van der Waals surface area contributed by atoms with Crippen molar-refractivity contribution >= 4 is 23.0 Å². The van der Waals surface area contributed by atoms with E-state index >= 15 is 0 Å². The van der Waals surface area contributed by atoms with Crippen molar-refractivity contribution in [2.24, 2.45) is 5.92 Å². The maximum atomic E-state index is 12.3. The summed E-state index contributed by atoms with van der Waals surface area (Å²) in [4.78, 5) is 17.0. The molecule has 5 heteroatoms. The Morgan fingerprint density at radius 3 is 2.48 bits per heavy atom. The largest absolute Gasteiger partial charge is 0.378 e. The molecule has 23 heavy (non-hydrogen) atoms. The number of rotatable bonds is 4. The summed E-state index contributed by atoms with van der Waals surface area (Å²) in [5.74, 6) is 0.415. The Bertz CT molecular complexity index is 574. The Morgan fingerprint density at radius 2 is 1.78 bits per heavy atom. The molecule has 0 bridgehead atoms. The van der Waals surface area contributed by atoms with E-state index in [2.05, 4.69) is 33.3 Å². The van der Waals surface area contributed by atoms with Gasteiger partial charge in [0.1, 0.15) is 0 Å². The fourth-order valence-electron chi connectivity index (χ4n) is 3.46. The van der Waals surface area contributed by atoms with Crippen LogP contribution in [-0.2, 0) is 9.53 Å². The molecule has 2 aliphatic heterocycles. The van der Waals surface area contributed by atoms with Crippen LogP contribution >= 0.6 is 0 Å². The van der Waals surface area contributed by atoms with Gasteiger partial charge in [-0.2, -0.15) is 0 Å². The summed E-state index contributed by atoms with van der Waals surface area (Å²) < 4.78 is 5.44. The average molecular weight is 315 g/mol. The number of amides is 1. The fourth-order valence-corrected chi connectivity index (χ4v) is 3.46. The van der Waals surface area contributed by atoms with Gasteiger partial charge >= 0.3 is 0 Å². The molecule has 4 rings (SSSR count). The topological polar surface area (TPSA) is 44.8 Å². The van der Waals surface area contributed by atoms with E-state index in [1.165, 1.54) is 24.2 Å². The zero-order valence-corrected chi connectivity index (χ0v) is 13.6. The molecule has 5 nitrogen and oxygen atoms in total. The summed E-state index contributed by atoms with van der Waals surface area (Å²) in [6.45, 7) is 5.56. The van der Waals surface area contributed by atoms with Crippen LogP contribution in [0.2, 0.25) is 0 Å². The lowest BCUT2D eigenvalue weighted by Crippen LogP contribution is -2.36. The summed E-state index contributed by atoms with van der Waals surface area (Å²) in [5, 5.41) is 3.19. The van der Waals surface area contributed by atoms with E-state index in [0.717, 1.165) is 57.9 Å². The molecule has 1 amide bonds. The molecule has 3 aliphatic rings. The van der Waals surface area contributed by atoms with Crippen molar-refractivity contribution < 1.29 is 9.53 Å². The van der Waals surface area contributed by atoms with Gasteiger partial charge in [-0.25, -0.2) is 0 Å². The van der Waals surface area contributed by atoms with Crippen LogP contribution in [-0.4, -0.2) is 45.3 Å². The highest BCUT2D eigenvalue weighted by Gasteiger charge is 2.30. The van der Waals surface area contributed by atoms with Gasteiger partial charge in [0.2, 0.25) is 5.91 Å². The normalized spacial score (nSPS) is 21.6. The minimum Gasteiger partial charge on any atom is -0.378 e. The molecule has 0 spiro atoms. The number of carbonyl (C=O) groups excluding carboxylic acids is 1. The molecule has 0 atom stereocenters. The second-order valence-electron chi connectivity index (χ2n) is 6.76. The zero-order valence-electron chi connectivity index (χ0n) is 13.6. The maximum absolute atomic E-state index is 12.3. The SMILES string of the molecule is O=C(Nc1cc(N2CCOCC2)ccc1N1CCCC1)C1CC1. The Balaban J connectivity index is 1.60. The fraction of sp³-hybridized carbons (Fsp3) is 0.611. The van der Waals surface area contributed by atoms with Crippen LogP contribution in [0, 0.1) is 5.92 Å².